The van der Waals surface area contributed by atoms with Gasteiger partial charge in [-0.25, -0.2) is 4.39 Å². The highest BCUT2D eigenvalue weighted by Gasteiger charge is 2.11. The van der Waals surface area contributed by atoms with Crippen LogP contribution in [-0.4, -0.2) is 16.8 Å². The third-order valence-electron chi connectivity index (χ3n) is 1.81. The van der Waals surface area contributed by atoms with Gasteiger partial charge in [0, 0.05) is 10.6 Å². The lowest BCUT2D eigenvalue weighted by Gasteiger charge is -2.06. The molecule has 0 amide bonds. The second-order valence-corrected chi connectivity index (χ2v) is 4.63. The molecule has 0 saturated carbocycles. The summed E-state index contributed by atoms with van der Waals surface area (Å²) >= 11 is 6.93. The molecule has 0 fully saturated rings. The first-order valence-corrected chi connectivity index (χ1v) is 5.67. The fourth-order valence-electron chi connectivity index (χ4n) is 0.859. The molecule has 1 unspecified atom stereocenters. The van der Waals surface area contributed by atoms with Gasteiger partial charge in [-0.05, 0) is 18.2 Å². The van der Waals surface area contributed by atoms with Gasteiger partial charge in [-0.3, -0.25) is 4.79 Å². The number of carboxylic acids is 1. The Morgan fingerprint density at radius 3 is 2.87 bits per heavy atom. The van der Waals surface area contributed by atoms with Crippen LogP contribution in [0.5, 0.6) is 0 Å². The molecule has 1 atom stereocenters. The summed E-state index contributed by atoms with van der Waals surface area (Å²) < 4.78 is 12.8. The highest BCUT2D eigenvalue weighted by molar-refractivity contribution is 7.99. The Labute approximate surface area is 96.4 Å². The molecule has 2 nitrogen and oxygen atoms in total. The molecule has 1 aromatic rings. The molecule has 82 valence electrons. The van der Waals surface area contributed by atoms with Crippen molar-refractivity contribution in [1.29, 1.82) is 0 Å². The van der Waals surface area contributed by atoms with E-state index < -0.39 is 17.7 Å². The highest BCUT2D eigenvalue weighted by Crippen LogP contribution is 2.25. The Morgan fingerprint density at radius 1 is 1.67 bits per heavy atom. The minimum atomic E-state index is -0.837. The van der Waals surface area contributed by atoms with Gasteiger partial charge < -0.3 is 5.11 Å². The second-order valence-electron chi connectivity index (χ2n) is 3.13. The van der Waals surface area contributed by atoms with Crippen molar-refractivity contribution in [3.63, 3.8) is 0 Å². The van der Waals surface area contributed by atoms with E-state index in [2.05, 4.69) is 0 Å². The maximum atomic E-state index is 12.8. The number of benzene rings is 1. The minimum Gasteiger partial charge on any atom is -0.481 e. The van der Waals surface area contributed by atoms with Crippen LogP contribution in [0.3, 0.4) is 0 Å². The van der Waals surface area contributed by atoms with Crippen LogP contribution in [0.4, 0.5) is 4.39 Å². The van der Waals surface area contributed by atoms with Gasteiger partial charge in [-0.1, -0.05) is 18.5 Å². The Balaban J connectivity index is 2.58. The molecule has 0 aromatic heterocycles. The molecule has 0 saturated heterocycles. The summed E-state index contributed by atoms with van der Waals surface area (Å²) in [5, 5.41) is 8.72. The van der Waals surface area contributed by atoms with Gasteiger partial charge in [-0.15, -0.1) is 11.8 Å². The topological polar surface area (TPSA) is 37.3 Å². The zero-order valence-electron chi connectivity index (χ0n) is 8.04. The van der Waals surface area contributed by atoms with E-state index in [0.29, 0.717) is 5.75 Å². The number of thioether (sulfide) groups is 1. The quantitative estimate of drug-likeness (QED) is 0.831. The van der Waals surface area contributed by atoms with Gasteiger partial charge in [0.25, 0.3) is 0 Å². The molecule has 1 N–H and O–H groups in total. The third kappa shape index (κ3) is 3.72. The van der Waals surface area contributed by atoms with Gasteiger partial charge in [0.2, 0.25) is 0 Å². The Morgan fingerprint density at radius 2 is 2.33 bits per heavy atom. The molecule has 1 rings (SSSR count). The fraction of sp³-hybridized carbons (Fsp3) is 0.300. The van der Waals surface area contributed by atoms with E-state index in [-0.39, 0.29) is 5.02 Å². The van der Waals surface area contributed by atoms with Gasteiger partial charge in [0.15, 0.2) is 0 Å². The molecule has 0 radical (unpaired) electrons. The summed E-state index contributed by atoms with van der Waals surface area (Å²) in [5.41, 5.74) is 0. The zero-order chi connectivity index (χ0) is 11.4. The third-order valence-corrected chi connectivity index (χ3v) is 3.36. The van der Waals surface area contributed by atoms with Crippen molar-refractivity contribution in [2.24, 2.45) is 5.92 Å². The standard InChI is InChI=1S/C10H10ClFO2S/c1-6(10(13)14)5-15-7-2-3-9(12)8(11)4-7/h2-4,6H,5H2,1H3,(H,13,14). The van der Waals surface area contributed by atoms with Gasteiger partial charge >= 0.3 is 5.97 Å². The second kappa shape index (κ2) is 5.37. The number of rotatable bonds is 4. The normalized spacial score (nSPS) is 12.5. The molecule has 0 aliphatic heterocycles. The van der Waals surface area contributed by atoms with Crippen LogP contribution in [0.2, 0.25) is 5.02 Å². The largest absolute Gasteiger partial charge is 0.481 e. The van der Waals surface area contributed by atoms with E-state index in [1.165, 1.54) is 23.9 Å². The highest BCUT2D eigenvalue weighted by atomic mass is 35.5. The van der Waals surface area contributed by atoms with E-state index in [1.807, 2.05) is 0 Å². The number of carboxylic acid groups (broad SMARTS) is 1. The van der Waals surface area contributed by atoms with Crippen molar-refractivity contribution < 1.29 is 14.3 Å². The van der Waals surface area contributed by atoms with E-state index in [9.17, 15) is 9.18 Å². The van der Waals surface area contributed by atoms with Crippen LogP contribution >= 0.6 is 23.4 Å². The lowest BCUT2D eigenvalue weighted by Crippen LogP contribution is -2.11. The monoisotopic (exact) mass is 248 g/mol. The lowest BCUT2D eigenvalue weighted by atomic mass is 10.2. The summed E-state index contributed by atoms with van der Waals surface area (Å²) in [6.45, 7) is 1.63. The van der Waals surface area contributed by atoms with Crippen LogP contribution in [-0.2, 0) is 4.79 Å². The first-order valence-electron chi connectivity index (χ1n) is 4.31. The van der Waals surface area contributed by atoms with Crippen molar-refractivity contribution in [1.82, 2.24) is 0 Å². The fourth-order valence-corrected chi connectivity index (χ4v) is 2.05. The molecule has 0 heterocycles. The average Bonchev–Trinajstić information content (AvgIpc) is 2.19. The maximum absolute atomic E-state index is 12.8. The van der Waals surface area contributed by atoms with Crippen molar-refractivity contribution in [2.45, 2.75) is 11.8 Å². The van der Waals surface area contributed by atoms with E-state index in [4.69, 9.17) is 16.7 Å². The SMILES string of the molecule is CC(CSc1ccc(F)c(Cl)c1)C(=O)O. The molecule has 0 aliphatic carbocycles. The average molecular weight is 249 g/mol. The van der Waals surface area contributed by atoms with Crippen molar-refractivity contribution in [2.75, 3.05) is 5.75 Å². The predicted molar refractivity (Wildman–Crippen MR) is 58.9 cm³/mol. The predicted octanol–water partition coefficient (Wildman–Crippen LogP) is 3.29. The Bertz CT molecular complexity index is 370. The smallest absolute Gasteiger partial charge is 0.307 e. The lowest BCUT2D eigenvalue weighted by molar-refractivity contribution is -0.140. The Kier molecular flexibility index (Phi) is 4.42. The number of halogens is 2. The van der Waals surface area contributed by atoms with Crippen LogP contribution in [0, 0.1) is 11.7 Å². The van der Waals surface area contributed by atoms with Crippen molar-refractivity contribution in [3.8, 4) is 0 Å². The van der Waals surface area contributed by atoms with E-state index in [0.717, 1.165) is 4.90 Å². The van der Waals surface area contributed by atoms with Crippen molar-refractivity contribution >= 4 is 29.3 Å². The van der Waals surface area contributed by atoms with Gasteiger partial charge in [0.1, 0.15) is 5.82 Å². The van der Waals surface area contributed by atoms with Crippen LogP contribution < -0.4 is 0 Å². The van der Waals surface area contributed by atoms with Crippen molar-refractivity contribution in [3.05, 3.63) is 29.0 Å². The molecule has 15 heavy (non-hydrogen) atoms. The number of carbonyl (C=O) groups is 1. The summed E-state index contributed by atoms with van der Waals surface area (Å²) in [7, 11) is 0. The van der Waals surface area contributed by atoms with Gasteiger partial charge in [-0.2, -0.15) is 0 Å². The summed E-state index contributed by atoms with van der Waals surface area (Å²) in [5.74, 6) is -1.29. The molecule has 0 bridgehead atoms. The summed E-state index contributed by atoms with van der Waals surface area (Å²) in [4.78, 5) is 11.3. The first-order chi connectivity index (χ1) is 7.00. The number of hydrogen-bond donors (Lipinski definition) is 1. The van der Waals surface area contributed by atoms with E-state index >= 15 is 0 Å². The molecule has 0 aliphatic rings. The molecule has 1 aromatic carbocycles. The summed E-state index contributed by atoms with van der Waals surface area (Å²) in [6, 6.07) is 4.35. The number of aliphatic carboxylic acids is 1. The molecule has 5 heteroatoms. The molecular formula is C10H10ClFO2S. The van der Waals surface area contributed by atoms with Crippen LogP contribution in [0.1, 0.15) is 6.92 Å². The maximum Gasteiger partial charge on any atom is 0.307 e. The van der Waals surface area contributed by atoms with Crippen LogP contribution in [0.15, 0.2) is 23.1 Å². The molecular weight excluding hydrogens is 239 g/mol. The zero-order valence-corrected chi connectivity index (χ0v) is 9.61. The Hall–Kier alpha value is -0.740. The van der Waals surface area contributed by atoms with Crippen LogP contribution in [0.25, 0.3) is 0 Å². The van der Waals surface area contributed by atoms with Gasteiger partial charge in [0.05, 0.1) is 10.9 Å². The summed E-state index contributed by atoms with van der Waals surface area (Å²) in [6.07, 6.45) is 0. The first kappa shape index (κ1) is 12.3. The minimum absolute atomic E-state index is 0.0583. The number of hydrogen-bond acceptors (Lipinski definition) is 2. The molecule has 0 spiro atoms. The van der Waals surface area contributed by atoms with E-state index in [1.54, 1.807) is 13.0 Å².